The summed E-state index contributed by atoms with van der Waals surface area (Å²) in [5, 5.41) is 0. The predicted octanol–water partition coefficient (Wildman–Crippen LogP) is 1.40. The van der Waals surface area contributed by atoms with E-state index in [0.717, 1.165) is 38.6 Å². The summed E-state index contributed by atoms with van der Waals surface area (Å²) in [4.78, 5) is 28.2. The van der Waals surface area contributed by atoms with Crippen molar-refractivity contribution in [2.24, 2.45) is 5.41 Å². The molecule has 0 aromatic rings. The topological polar surface area (TPSA) is 40.6 Å². The Morgan fingerprint density at radius 1 is 1.17 bits per heavy atom. The molecular weight excluding hydrogens is 228 g/mol. The van der Waals surface area contributed by atoms with Gasteiger partial charge in [0.1, 0.15) is 12.6 Å². The third kappa shape index (κ3) is 1.82. The van der Waals surface area contributed by atoms with E-state index in [0.29, 0.717) is 18.0 Å². The van der Waals surface area contributed by atoms with Gasteiger partial charge in [0.2, 0.25) is 11.8 Å². The van der Waals surface area contributed by atoms with Gasteiger partial charge in [-0.3, -0.25) is 9.59 Å². The van der Waals surface area contributed by atoms with E-state index in [1.54, 1.807) is 4.90 Å². The molecule has 100 valence electrons. The molecular formula is C14H22N2O2. The monoisotopic (exact) mass is 250 g/mol. The number of fused-ring (bicyclic) bond motifs is 1. The zero-order valence-electron chi connectivity index (χ0n) is 11.3. The van der Waals surface area contributed by atoms with Crippen LogP contribution in [0.3, 0.4) is 0 Å². The molecule has 1 saturated carbocycles. The average molecular weight is 250 g/mol. The van der Waals surface area contributed by atoms with Crippen LogP contribution in [0, 0.1) is 5.41 Å². The van der Waals surface area contributed by atoms with Crippen molar-refractivity contribution in [3.05, 3.63) is 0 Å². The van der Waals surface area contributed by atoms with Crippen LogP contribution in [0.5, 0.6) is 0 Å². The van der Waals surface area contributed by atoms with Crippen molar-refractivity contribution in [1.29, 1.82) is 0 Å². The number of amides is 2. The second-order valence-corrected chi connectivity index (χ2v) is 6.77. The van der Waals surface area contributed by atoms with Crippen molar-refractivity contribution >= 4 is 11.8 Å². The van der Waals surface area contributed by atoms with Crippen LogP contribution in [0.25, 0.3) is 0 Å². The molecule has 0 N–H and O–H groups in total. The van der Waals surface area contributed by atoms with Gasteiger partial charge in [0.15, 0.2) is 0 Å². The lowest BCUT2D eigenvalue weighted by molar-refractivity contribution is -0.155. The third-order valence-electron chi connectivity index (χ3n) is 4.83. The van der Waals surface area contributed by atoms with E-state index in [1.807, 2.05) is 4.90 Å². The largest absolute Gasteiger partial charge is 0.329 e. The second kappa shape index (κ2) is 3.97. The minimum atomic E-state index is -0.144. The quantitative estimate of drug-likeness (QED) is 0.706. The molecule has 2 aliphatic heterocycles. The van der Waals surface area contributed by atoms with Gasteiger partial charge in [0.25, 0.3) is 0 Å². The normalized spacial score (nSPS) is 35.2. The van der Waals surface area contributed by atoms with Crippen molar-refractivity contribution in [1.82, 2.24) is 9.80 Å². The number of hydrogen-bond acceptors (Lipinski definition) is 2. The Morgan fingerprint density at radius 2 is 1.94 bits per heavy atom. The number of carbonyl (C=O) groups is 2. The molecule has 4 heteroatoms. The van der Waals surface area contributed by atoms with Gasteiger partial charge in [0.05, 0.1) is 0 Å². The first-order valence-corrected chi connectivity index (χ1v) is 7.08. The van der Waals surface area contributed by atoms with Crippen LogP contribution in [0.2, 0.25) is 0 Å². The molecule has 0 radical (unpaired) electrons. The molecule has 4 nitrogen and oxygen atoms in total. The lowest BCUT2D eigenvalue weighted by atomic mass is 9.91. The highest BCUT2D eigenvalue weighted by Crippen LogP contribution is 2.40. The standard InChI is InChI=1S/C14H22N2O2/c1-14(2)6-5-10(8-14)16-9-12(17)15-7-3-4-11(15)13(16)18/h10-11H,3-9H2,1-2H3. The first kappa shape index (κ1) is 12.0. The molecule has 2 saturated heterocycles. The lowest BCUT2D eigenvalue weighted by Crippen LogP contribution is -2.59. The molecule has 0 bridgehead atoms. The fraction of sp³-hybridized carbons (Fsp3) is 0.857. The Bertz CT molecular complexity index is 391. The van der Waals surface area contributed by atoms with Crippen LogP contribution >= 0.6 is 0 Å². The first-order valence-electron chi connectivity index (χ1n) is 7.08. The summed E-state index contributed by atoms with van der Waals surface area (Å²) < 4.78 is 0. The Balaban J connectivity index is 1.77. The molecule has 2 amide bonds. The highest BCUT2D eigenvalue weighted by Gasteiger charge is 2.46. The van der Waals surface area contributed by atoms with Gasteiger partial charge < -0.3 is 9.80 Å². The van der Waals surface area contributed by atoms with Gasteiger partial charge in [-0.25, -0.2) is 0 Å². The SMILES string of the molecule is CC1(C)CCC(N2CC(=O)N3CCCC3C2=O)C1. The van der Waals surface area contributed by atoms with E-state index in [1.165, 1.54) is 0 Å². The Kier molecular flexibility index (Phi) is 2.65. The molecule has 2 unspecified atom stereocenters. The molecule has 0 aromatic carbocycles. The van der Waals surface area contributed by atoms with Crippen LogP contribution < -0.4 is 0 Å². The summed E-state index contributed by atoms with van der Waals surface area (Å²) in [6.07, 6.45) is 5.09. The van der Waals surface area contributed by atoms with E-state index >= 15 is 0 Å². The zero-order valence-corrected chi connectivity index (χ0v) is 11.3. The summed E-state index contributed by atoms with van der Waals surface area (Å²) in [6, 6.07) is 0.147. The molecule has 0 spiro atoms. The van der Waals surface area contributed by atoms with E-state index in [2.05, 4.69) is 13.8 Å². The van der Waals surface area contributed by atoms with E-state index in [4.69, 9.17) is 0 Å². The number of nitrogens with zero attached hydrogens (tertiary/aromatic N) is 2. The number of carbonyl (C=O) groups excluding carboxylic acids is 2. The summed E-state index contributed by atoms with van der Waals surface area (Å²) in [6.45, 7) is 5.60. The fourth-order valence-electron chi connectivity index (χ4n) is 3.80. The van der Waals surface area contributed by atoms with Gasteiger partial charge in [-0.05, 0) is 37.5 Å². The zero-order chi connectivity index (χ0) is 12.9. The molecule has 2 heterocycles. The Labute approximate surface area is 108 Å². The summed E-state index contributed by atoms with van der Waals surface area (Å²) in [7, 11) is 0. The molecule has 3 aliphatic rings. The lowest BCUT2D eigenvalue weighted by Gasteiger charge is -2.39. The highest BCUT2D eigenvalue weighted by molar-refractivity contribution is 5.95. The van der Waals surface area contributed by atoms with Gasteiger partial charge in [-0.15, -0.1) is 0 Å². The number of hydrogen-bond donors (Lipinski definition) is 0. The van der Waals surface area contributed by atoms with Crippen molar-refractivity contribution in [3.63, 3.8) is 0 Å². The van der Waals surface area contributed by atoms with Gasteiger partial charge in [-0.1, -0.05) is 13.8 Å². The molecule has 3 fully saturated rings. The predicted molar refractivity (Wildman–Crippen MR) is 67.9 cm³/mol. The van der Waals surface area contributed by atoms with Crippen molar-refractivity contribution in [3.8, 4) is 0 Å². The maximum atomic E-state index is 12.5. The van der Waals surface area contributed by atoms with Crippen LogP contribution in [0.15, 0.2) is 0 Å². The van der Waals surface area contributed by atoms with Crippen LogP contribution in [-0.4, -0.2) is 46.8 Å². The maximum Gasteiger partial charge on any atom is 0.246 e. The van der Waals surface area contributed by atoms with Crippen LogP contribution in [0.1, 0.15) is 46.0 Å². The van der Waals surface area contributed by atoms with Crippen LogP contribution in [-0.2, 0) is 9.59 Å². The minimum absolute atomic E-state index is 0.144. The molecule has 1 aliphatic carbocycles. The van der Waals surface area contributed by atoms with Crippen molar-refractivity contribution in [2.75, 3.05) is 13.1 Å². The summed E-state index contributed by atoms with van der Waals surface area (Å²) in [5.74, 6) is 0.358. The number of rotatable bonds is 1. The van der Waals surface area contributed by atoms with Gasteiger partial charge in [0, 0.05) is 12.6 Å². The van der Waals surface area contributed by atoms with Crippen LogP contribution in [0.4, 0.5) is 0 Å². The Hall–Kier alpha value is -1.06. The summed E-state index contributed by atoms with van der Waals surface area (Å²) in [5.41, 5.74) is 0.320. The smallest absolute Gasteiger partial charge is 0.246 e. The average Bonchev–Trinajstić information content (AvgIpc) is 2.90. The van der Waals surface area contributed by atoms with E-state index in [-0.39, 0.29) is 17.9 Å². The van der Waals surface area contributed by atoms with Crippen molar-refractivity contribution < 1.29 is 9.59 Å². The molecule has 3 rings (SSSR count). The summed E-state index contributed by atoms with van der Waals surface area (Å²) >= 11 is 0. The fourth-order valence-corrected chi connectivity index (χ4v) is 3.80. The van der Waals surface area contributed by atoms with Crippen molar-refractivity contribution in [2.45, 2.75) is 58.0 Å². The molecule has 2 atom stereocenters. The Morgan fingerprint density at radius 3 is 2.61 bits per heavy atom. The second-order valence-electron chi connectivity index (χ2n) is 6.77. The van der Waals surface area contributed by atoms with Gasteiger partial charge >= 0.3 is 0 Å². The van der Waals surface area contributed by atoms with E-state index < -0.39 is 0 Å². The first-order chi connectivity index (χ1) is 8.48. The third-order valence-corrected chi connectivity index (χ3v) is 4.83. The van der Waals surface area contributed by atoms with E-state index in [9.17, 15) is 9.59 Å². The molecule has 18 heavy (non-hydrogen) atoms. The molecule has 0 aromatic heterocycles. The maximum absolute atomic E-state index is 12.5. The highest BCUT2D eigenvalue weighted by atomic mass is 16.2. The number of piperazine rings is 1. The minimum Gasteiger partial charge on any atom is -0.329 e. The van der Waals surface area contributed by atoms with Gasteiger partial charge in [-0.2, -0.15) is 0 Å².